The van der Waals surface area contributed by atoms with Gasteiger partial charge in [-0.25, -0.2) is 0 Å². The average Bonchev–Trinajstić information content (AvgIpc) is 1.66. The molecular formula is C6H7CsO2. The first-order valence-electron chi connectivity index (χ1n) is 2.40. The van der Waals surface area contributed by atoms with Crippen LogP contribution in [0, 0.1) is 12.3 Å². The minimum absolute atomic E-state index is 0. The summed E-state index contributed by atoms with van der Waals surface area (Å²) >= 11 is 0. The molecule has 0 aromatic rings. The van der Waals surface area contributed by atoms with Crippen LogP contribution in [0.4, 0.5) is 0 Å². The van der Waals surface area contributed by atoms with Gasteiger partial charge in [0.05, 0.1) is 0 Å². The van der Waals surface area contributed by atoms with Crippen molar-refractivity contribution in [3.8, 4) is 12.3 Å². The first kappa shape index (κ1) is 12.7. The molecule has 0 atom stereocenters. The maximum Gasteiger partial charge on any atom is 1.00 e. The van der Waals surface area contributed by atoms with Gasteiger partial charge in [-0.15, -0.1) is 12.3 Å². The number of hydrogen-bond donors (Lipinski definition) is 0. The standard InChI is InChI=1S/C6H8O2.Cs/c1-2-3-4-5-6(7)8;/h1H,3-5H2,(H,7,8);/q;+1/p-1. The Morgan fingerprint density at radius 2 is 2.22 bits per heavy atom. The molecule has 0 aromatic carbocycles. The molecule has 2 nitrogen and oxygen atoms in total. The van der Waals surface area contributed by atoms with Gasteiger partial charge in [0.1, 0.15) is 0 Å². The SMILES string of the molecule is C#CCCCC(=O)[O-].[Cs+]. The Balaban J connectivity index is 0. The molecule has 0 fully saturated rings. The van der Waals surface area contributed by atoms with Crippen LogP contribution in [0.3, 0.4) is 0 Å². The van der Waals surface area contributed by atoms with Crippen molar-refractivity contribution >= 4 is 5.97 Å². The van der Waals surface area contributed by atoms with Crippen LogP contribution in [0.2, 0.25) is 0 Å². The van der Waals surface area contributed by atoms with Gasteiger partial charge in [0.15, 0.2) is 0 Å². The minimum atomic E-state index is -1.03. The number of unbranched alkanes of at least 4 members (excludes halogenated alkanes) is 1. The summed E-state index contributed by atoms with van der Waals surface area (Å²) in [5.74, 6) is 1.30. The Bertz CT molecular complexity index is 115. The van der Waals surface area contributed by atoms with E-state index >= 15 is 0 Å². The Morgan fingerprint density at radius 1 is 1.67 bits per heavy atom. The fraction of sp³-hybridized carbons (Fsp3) is 0.500. The monoisotopic (exact) mass is 244 g/mol. The van der Waals surface area contributed by atoms with Gasteiger partial charge in [-0.2, -0.15) is 0 Å². The van der Waals surface area contributed by atoms with Crippen molar-refractivity contribution in [2.45, 2.75) is 19.3 Å². The maximum atomic E-state index is 9.69. The molecule has 44 valence electrons. The zero-order valence-electron chi connectivity index (χ0n) is 5.52. The van der Waals surface area contributed by atoms with Crippen molar-refractivity contribution in [1.29, 1.82) is 0 Å². The van der Waals surface area contributed by atoms with E-state index < -0.39 is 5.97 Å². The smallest absolute Gasteiger partial charge is 0.550 e. The van der Waals surface area contributed by atoms with E-state index in [1.165, 1.54) is 0 Å². The Morgan fingerprint density at radius 3 is 2.56 bits per heavy atom. The second-order valence-electron chi connectivity index (χ2n) is 1.43. The quantitative estimate of drug-likeness (QED) is 0.382. The van der Waals surface area contributed by atoms with Crippen molar-refractivity contribution in [1.82, 2.24) is 0 Å². The molecule has 0 saturated carbocycles. The summed E-state index contributed by atoms with van der Waals surface area (Å²) in [4.78, 5) is 9.69. The van der Waals surface area contributed by atoms with Crippen molar-refractivity contribution in [2.24, 2.45) is 0 Å². The Hall–Kier alpha value is 1.08. The molecule has 0 rings (SSSR count). The molecule has 0 spiro atoms. The molecule has 0 bridgehead atoms. The number of carbonyl (C=O) groups excluding carboxylic acids is 1. The van der Waals surface area contributed by atoms with Crippen molar-refractivity contribution in [3.63, 3.8) is 0 Å². The number of aliphatic carboxylic acids is 1. The molecule has 0 saturated heterocycles. The molecule has 0 aliphatic heterocycles. The normalized spacial score (nSPS) is 7.00. The predicted molar refractivity (Wildman–Crippen MR) is 27.7 cm³/mol. The van der Waals surface area contributed by atoms with Gasteiger partial charge in [0.2, 0.25) is 0 Å². The first-order valence-corrected chi connectivity index (χ1v) is 2.40. The first-order chi connectivity index (χ1) is 3.77. The zero-order valence-corrected chi connectivity index (χ0v) is 11.8. The van der Waals surface area contributed by atoms with Crippen LogP contribution < -0.4 is 74.0 Å². The third-order valence-corrected chi connectivity index (χ3v) is 0.702. The van der Waals surface area contributed by atoms with Gasteiger partial charge in [-0.1, -0.05) is 0 Å². The van der Waals surface area contributed by atoms with Gasteiger partial charge >= 0.3 is 68.9 Å². The fourth-order valence-corrected chi connectivity index (χ4v) is 0.335. The predicted octanol–water partition coefficient (Wildman–Crippen LogP) is -3.46. The molecule has 0 unspecified atom stereocenters. The molecule has 0 aliphatic rings. The molecule has 0 amide bonds. The fourth-order valence-electron chi connectivity index (χ4n) is 0.335. The van der Waals surface area contributed by atoms with E-state index in [1.54, 1.807) is 0 Å². The molecule has 0 aromatic heterocycles. The van der Waals surface area contributed by atoms with E-state index in [2.05, 4.69) is 5.92 Å². The van der Waals surface area contributed by atoms with E-state index in [0.29, 0.717) is 12.8 Å². The van der Waals surface area contributed by atoms with Gasteiger partial charge in [-0.3, -0.25) is 0 Å². The average molecular weight is 244 g/mol. The number of hydrogen-bond acceptors (Lipinski definition) is 2. The second kappa shape index (κ2) is 9.08. The third kappa shape index (κ3) is 12.3. The molecule has 0 aliphatic carbocycles. The Labute approximate surface area is 114 Å². The number of carbonyl (C=O) groups is 1. The summed E-state index contributed by atoms with van der Waals surface area (Å²) in [5, 5.41) is 9.69. The van der Waals surface area contributed by atoms with Crippen LogP contribution >= 0.6 is 0 Å². The summed E-state index contributed by atoms with van der Waals surface area (Å²) in [7, 11) is 0. The Kier molecular flexibility index (Phi) is 12.8. The van der Waals surface area contributed by atoms with Crippen LogP contribution in [-0.2, 0) is 4.79 Å². The largest absolute Gasteiger partial charge is 1.00 e. The number of rotatable bonds is 3. The second-order valence-corrected chi connectivity index (χ2v) is 1.43. The van der Waals surface area contributed by atoms with Crippen LogP contribution in [0.15, 0.2) is 0 Å². The van der Waals surface area contributed by atoms with Gasteiger partial charge in [0.25, 0.3) is 0 Å². The summed E-state index contributed by atoms with van der Waals surface area (Å²) in [6, 6.07) is 0. The van der Waals surface area contributed by atoms with Crippen molar-refractivity contribution in [3.05, 3.63) is 0 Å². The van der Waals surface area contributed by atoms with Crippen LogP contribution in [0.5, 0.6) is 0 Å². The minimum Gasteiger partial charge on any atom is -0.550 e. The van der Waals surface area contributed by atoms with Gasteiger partial charge in [0, 0.05) is 12.4 Å². The summed E-state index contributed by atoms with van der Waals surface area (Å²) in [6.45, 7) is 0. The van der Waals surface area contributed by atoms with E-state index in [0.717, 1.165) is 0 Å². The van der Waals surface area contributed by atoms with Gasteiger partial charge < -0.3 is 9.90 Å². The van der Waals surface area contributed by atoms with Crippen molar-refractivity contribution in [2.75, 3.05) is 0 Å². The van der Waals surface area contributed by atoms with E-state index in [9.17, 15) is 9.90 Å². The van der Waals surface area contributed by atoms with E-state index in [1.807, 2.05) is 0 Å². The zero-order chi connectivity index (χ0) is 6.41. The van der Waals surface area contributed by atoms with Gasteiger partial charge in [-0.05, 0) is 12.8 Å². The third-order valence-electron chi connectivity index (χ3n) is 0.702. The summed E-state index contributed by atoms with van der Waals surface area (Å²) in [5.41, 5.74) is 0. The number of carboxylic acid groups (broad SMARTS) is 1. The molecule has 9 heavy (non-hydrogen) atoms. The number of terminal acetylenes is 1. The topological polar surface area (TPSA) is 40.1 Å². The van der Waals surface area contributed by atoms with Crippen LogP contribution in [0.25, 0.3) is 0 Å². The molecular weight excluding hydrogens is 237 g/mol. The van der Waals surface area contributed by atoms with Crippen molar-refractivity contribution < 1.29 is 78.8 Å². The number of carboxylic acids is 1. The maximum absolute atomic E-state index is 9.69. The molecule has 3 heteroatoms. The summed E-state index contributed by atoms with van der Waals surface area (Å²) < 4.78 is 0. The molecule has 0 N–H and O–H groups in total. The van der Waals surface area contributed by atoms with Crippen LogP contribution in [0.1, 0.15) is 19.3 Å². The van der Waals surface area contributed by atoms with E-state index in [4.69, 9.17) is 6.42 Å². The van der Waals surface area contributed by atoms with E-state index in [-0.39, 0.29) is 75.3 Å². The van der Waals surface area contributed by atoms with Crippen LogP contribution in [-0.4, -0.2) is 5.97 Å². The molecule has 0 heterocycles. The molecule has 0 radical (unpaired) electrons. The summed E-state index contributed by atoms with van der Waals surface area (Å²) in [6.07, 6.45) is 5.97.